The summed E-state index contributed by atoms with van der Waals surface area (Å²) in [6.07, 6.45) is 1.58. The van der Waals surface area contributed by atoms with Crippen LogP contribution >= 0.6 is 11.6 Å². The van der Waals surface area contributed by atoms with E-state index in [-0.39, 0.29) is 4.90 Å². The van der Waals surface area contributed by atoms with E-state index in [1.54, 1.807) is 43.5 Å². The summed E-state index contributed by atoms with van der Waals surface area (Å²) in [7, 11) is -4.07. The maximum Gasteiger partial charge on any atom is 0.264 e. The number of anilines is 1. The van der Waals surface area contributed by atoms with Crippen molar-refractivity contribution in [2.75, 3.05) is 10.8 Å². The zero-order valence-electron chi connectivity index (χ0n) is 23.5. The first-order valence-electron chi connectivity index (χ1n) is 12.8. The lowest BCUT2D eigenvalue weighted by molar-refractivity contribution is -0.119. The van der Waals surface area contributed by atoms with Crippen molar-refractivity contribution < 1.29 is 13.2 Å². The highest BCUT2D eigenvalue weighted by Crippen LogP contribution is 2.31. The summed E-state index contributed by atoms with van der Waals surface area (Å²) in [6, 6.07) is 19.6. The van der Waals surface area contributed by atoms with Crippen molar-refractivity contribution >= 4 is 39.4 Å². The number of aryl methyl sites for hydroxylation is 4. The predicted molar refractivity (Wildman–Crippen MR) is 162 cm³/mol. The minimum atomic E-state index is -4.07. The van der Waals surface area contributed by atoms with Gasteiger partial charge in [-0.3, -0.25) is 9.10 Å². The van der Waals surface area contributed by atoms with Crippen LogP contribution in [0, 0.1) is 41.5 Å². The van der Waals surface area contributed by atoms with Crippen LogP contribution in [-0.2, 0) is 14.8 Å². The summed E-state index contributed by atoms with van der Waals surface area (Å²) in [5, 5.41) is 4.57. The molecule has 208 valence electrons. The van der Waals surface area contributed by atoms with Gasteiger partial charge >= 0.3 is 0 Å². The van der Waals surface area contributed by atoms with Crippen molar-refractivity contribution in [3.63, 3.8) is 0 Å². The summed E-state index contributed by atoms with van der Waals surface area (Å²) >= 11 is 6.31. The molecule has 0 radical (unpaired) electrons. The van der Waals surface area contributed by atoms with Gasteiger partial charge in [-0.25, -0.2) is 13.8 Å². The van der Waals surface area contributed by atoms with Crippen LogP contribution in [0.4, 0.5) is 5.69 Å². The smallest absolute Gasteiger partial charge is 0.264 e. The van der Waals surface area contributed by atoms with Gasteiger partial charge in [0.2, 0.25) is 0 Å². The van der Waals surface area contributed by atoms with Gasteiger partial charge < -0.3 is 4.57 Å². The molecule has 0 saturated carbocycles. The van der Waals surface area contributed by atoms with Gasteiger partial charge in [0.05, 0.1) is 22.5 Å². The molecule has 0 fully saturated rings. The van der Waals surface area contributed by atoms with E-state index in [1.807, 2.05) is 32.9 Å². The number of hydrogen-bond acceptors (Lipinski definition) is 4. The summed E-state index contributed by atoms with van der Waals surface area (Å²) in [4.78, 5) is 13.1. The van der Waals surface area contributed by atoms with E-state index in [0.29, 0.717) is 16.3 Å². The molecule has 1 aromatic heterocycles. The molecular formula is C31H33ClN4O3S. The molecule has 0 aliphatic rings. The Balaban J connectivity index is 1.60. The normalized spacial score (nSPS) is 11.7. The fourth-order valence-electron chi connectivity index (χ4n) is 4.76. The van der Waals surface area contributed by atoms with Crippen LogP contribution in [0.15, 0.2) is 76.7 Å². The third kappa shape index (κ3) is 5.83. The Morgan fingerprint density at radius 3 is 2.23 bits per heavy atom. The number of carbonyl (C=O) groups is 1. The van der Waals surface area contributed by atoms with E-state index in [2.05, 4.69) is 41.1 Å². The molecule has 1 heterocycles. The second kappa shape index (κ2) is 11.7. The van der Waals surface area contributed by atoms with E-state index in [4.69, 9.17) is 11.6 Å². The molecule has 40 heavy (non-hydrogen) atoms. The fraction of sp³-hybridized carbons (Fsp3) is 0.226. The van der Waals surface area contributed by atoms with Gasteiger partial charge in [-0.1, -0.05) is 53.6 Å². The first-order chi connectivity index (χ1) is 18.9. The number of nitrogens with one attached hydrogen (secondary N) is 1. The van der Waals surface area contributed by atoms with Crippen LogP contribution in [0.5, 0.6) is 0 Å². The second-order valence-electron chi connectivity index (χ2n) is 9.90. The maximum absolute atomic E-state index is 13.7. The Hall–Kier alpha value is -3.88. The Labute approximate surface area is 241 Å². The molecule has 3 aromatic carbocycles. The number of benzene rings is 3. The third-order valence-electron chi connectivity index (χ3n) is 6.93. The van der Waals surface area contributed by atoms with E-state index in [9.17, 15) is 13.2 Å². The molecule has 0 aliphatic carbocycles. The van der Waals surface area contributed by atoms with Crippen molar-refractivity contribution in [3.8, 4) is 5.69 Å². The molecule has 0 unspecified atom stereocenters. The molecule has 7 nitrogen and oxygen atoms in total. The average Bonchev–Trinajstić information content (AvgIpc) is 3.17. The van der Waals surface area contributed by atoms with Gasteiger partial charge in [0.1, 0.15) is 6.54 Å². The van der Waals surface area contributed by atoms with E-state index < -0.39 is 22.5 Å². The molecular weight excluding hydrogens is 544 g/mol. The fourth-order valence-corrected chi connectivity index (χ4v) is 6.41. The first-order valence-corrected chi connectivity index (χ1v) is 14.7. The molecule has 1 N–H and O–H groups in total. The number of hydrogen-bond donors (Lipinski definition) is 1. The zero-order valence-corrected chi connectivity index (χ0v) is 25.1. The third-order valence-corrected chi connectivity index (χ3v) is 9.11. The van der Waals surface area contributed by atoms with Crippen LogP contribution in [-0.4, -0.2) is 31.7 Å². The van der Waals surface area contributed by atoms with Crippen molar-refractivity contribution in [2.45, 2.75) is 46.4 Å². The van der Waals surface area contributed by atoms with Gasteiger partial charge in [0.15, 0.2) is 0 Å². The SMILES string of the molecule is Cc1ccc(S(=O)(=O)N(CC(=O)N/N=C\c2cc(C)n(-c3c(C)cccc3C)c2C)c2cccc(Cl)c2C)cc1. The lowest BCUT2D eigenvalue weighted by Gasteiger charge is -2.25. The first kappa shape index (κ1) is 29.1. The van der Waals surface area contributed by atoms with Gasteiger partial charge in [0.25, 0.3) is 15.9 Å². The lowest BCUT2D eigenvalue weighted by Crippen LogP contribution is -2.40. The van der Waals surface area contributed by atoms with Crippen LogP contribution in [0.2, 0.25) is 5.02 Å². The van der Waals surface area contributed by atoms with Crippen molar-refractivity contribution in [1.82, 2.24) is 9.99 Å². The van der Waals surface area contributed by atoms with Gasteiger partial charge in [-0.2, -0.15) is 5.10 Å². The summed E-state index contributed by atoms with van der Waals surface area (Å²) in [6.45, 7) is 11.3. The maximum atomic E-state index is 13.7. The van der Waals surface area contributed by atoms with Crippen LogP contribution < -0.4 is 9.73 Å². The standard InChI is InChI=1S/C31H33ClN4O3S/c1-20-13-15-27(16-14-20)40(38,39)35(29-12-8-11-28(32)24(29)5)19-30(37)34-33-18-26-17-23(4)36(25(26)6)31-21(2)9-7-10-22(31)3/h7-18H,19H2,1-6H3,(H,34,37)/b33-18-. The van der Waals surface area contributed by atoms with E-state index in [1.165, 1.54) is 12.1 Å². The Bertz CT molecular complexity index is 1690. The monoisotopic (exact) mass is 576 g/mol. The van der Waals surface area contributed by atoms with Gasteiger partial charge in [-0.05, 0) is 88.6 Å². The Kier molecular flexibility index (Phi) is 8.51. The number of halogens is 1. The van der Waals surface area contributed by atoms with Gasteiger partial charge in [-0.15, -0.1) is 0 Å². The number of carbonyl (C=O) groups excluding carboxylic acids is 1. The minimum absolute atomic E-state index is 0.0766. The van der Waals surface area contributed by atoms with E-state index in [0.717, 1.165) is 43.6 Å². The number of hydrazone groups is 1. The van der Waals surface area contributed by atoms with Gasteiger partial charge in [0, 0.05) is 22.0 Å². The van der Waals surface area contributed by atoms with Crippen molar-refractivity contribution in [3.05, 3.63) is 111 Å². The summed E-state index contributed by atoms with van der Waals surface area (Å²) in [5.74, 6) is -0.588. The Morgan fingerprint density at radius 2 is 1.57 bits per heavy atom. The minimum Gasteiger partial charge on any atom is -0.317 e. The number of sulfonamides is 1. The number of amides is 1. The lowest BCUT2D eigenvalue weighted by atomic mass is 10.1. The molecule has 0 aliphatic heterocycles. The average molecular weight is 577 g/mol. The summed E-state index contributed by atoms with van der Waals surface area (Å²) < 4.78 is 30.6. The quantitative estimate of drug-likeness (QED) is 0.197. The molecule has 0 saturated heterocycles. The highest BCUT2D eigenvalue weighted by atomic mass is 35.5. The molecule has 1 amide bonds. The molecule has 0 spiro atoms. The highest BCUT2D eigenvalue weighted by molar-refractivity contribution is 7.92. The second-order valence-corrected chi connectivity index (χ2v) is 12.2. The van der Waals surface area contributed by atoms with Crippen molar-refractivity contribution in [2.24, 2.45) is 5.10 Å². The summed E-state index contributed by atoms with van der Waals surface area (Å²) in [5.41, 5.74) is 10.6. The topological polar surface area (TPSA) is 83.8 Å². The molecule has 0 atom stereocenters. The van der Waals surface area contributed by atoms with Crippen LogP contribution in [0.25, 0.3) is 5.69 Å². The number of para-hydroxylation sites is 1. The van der Waals surface area contributed by atoms with Crippen LogP contribution in [0.3, 0.4) is 0 Å². The predicted octanol–water partition coefficient (Wildman–Crippen LogP) is 6.33. The number of rotatable bonds is 8. The largest absolute Gasteiger partial charge is 0.317 e. The van der Waals surface area contributed by atoms with E-state index >= 15 is 0 Å². The molecule has 4 aromatic rings. The van der Waals surface area contributed by atoms with Crippen LogP contribution in [0.1, 0.15) is 39.2 Å². The highest BCUT2D eigenvalue weighted by Gasteiger charge is 2.28. The molecule has 0 bridgehead atoms. The van der Waals surface area contributed by atoms with Crippen molar-refractivity contribution in [1.29, 1.82) is 0 Å². The molecule has 9 heteroatoms. The Morgan fingerprint density at radius 1 is 0.950 bits per heavy atom. The molecule has 4 rings (SSSR count). The number of nitrogens with zero attached hydrogens (tertiary/aromatic N) is 3. The zero-order chi connectivity index (χ0) is 29.2. The number of aromatic nitrogens is 1.